The van der Waals surface area contributed by atoms with Crippen LogP contribution in [0.1, 0.15) is 19.4 Å². The lowest BCUT2D eigenvalue weighted by atomic mass is 9.96. The van der Waals surface area contributed by atoms with Crippen LogP contribution in [0.2, 0.25) is 0 Å². The van der Waals surface area contributed by atoms with Crippen LogP contribution >= 0.6 is 0 Å². The normalized spacial score (nSPS) is 31.4. The average Bonchev–Trinajstić information content (AvgIpc) is 3.12. The number of aliphatic hydroxyl groups excluding tert-OH is 4. The fourth-order valence-corrected chi connectivity index (χ4v) is 3.67. The summed E-state index contributed by atoms with van der Waals surface area (Å²) in [5.74, 6) is 0.164. The Morgan fingerprint density at radius 2 is 1.90 bits per heavy atom. The fourth-order valence-electron chi connectivity index (χ4n) is 3.67. The first kappa shape index (κ1) is 21.0. The van der Waals surface area contributed by atoms with Gasteiger partial charge in [0.2, 0.25) is 12.0 Å². The molecule has 0 spiro atoms. The van der Waals surface area contributed by atoms with Crippen LogP contribution in [0.5, 0.6) is 11.5 Å². The molecule has 164 valence electrons. The number of ether oxygens (including phenoxy) is 3. The molecule has 1 aromatic carbocycles. The number of aliphatic hydroxyl groups is 5. The number of rotatable bonds is 4. The van der Waals surface area contributed by atoms with E-state index in [0.717, 1.165) is 0 Å². The minimum Gasteiger partial charge on any atom is -0.483 e. The molecule has 1 fully saturated rings. The molecule has 6 unspecified atom stereocenters. The molecule has 2 aromatic rings. The maximum Gasteiger partial charge on any atom is 0.336 e. The van der Waals surface area contributed by atoms with Crippen molar-refractivity contribution < 1.29 is 44.2 Å². The van der Waals surface area contributed by atoms with Crippen molar-refractivity contribution in [3.8, 4) is 11.5 Å². The Labute approximate surface area is 170 Å². The Morgan fingerprint density at radius 3 is 2.57 bits per heavy atom. The topological polar surface area (TPSA) is 159 Å². The maximum atomic E-state index is 11.8. The van der Waals surface area contributed by atoms with Crippen LogP contribution in [0.4, 0.5) is 0 Å². The number of fused-ring (bicyclic) bond motifs is 2. The van der Waals surface area contributed by atoms with Gasteiger partial charge in [-0.15, -0.1) is 0 Å². The van der Waals surface area contributed by atoms with Crippen molar-refractivity contribution in [3.05, 3.63) is 34.2 Å². The molecule has 0 bridgehead atoms. The lowest BCUT2D eigenvalue weighted by Gasteiger charge is -2.39. The Morgan fingerprint density at radius 1 is 1.17 bits per heavy atom. The van der Waals surface area contributed by atoms with Crippen LogP contribution in [-0.2, 0) is 11.2 Å². The van der Waals surface area contributed by atoms with Crippen molar-refractivity contribution in [2.75, 3.05) is 6.61 Å². The first-order valence-electron chi connectivity index (χ1n) is 9.56. The van der Waals surface area contributed by atoms with Gasteiger partial charge in [0.25, 0.3) is 0 Å². The molecule has 2 aliphatic rings. The molecule has 10 heteroatoms. The van der Waals surface area contributed by atoms with Crippen LogP contribution in [-0.4, -0.2) is 74.6 Å². The summed E-state index contributed by atoms with van der Waals surface area (Å²) in [5, 5.41) is 50.6. The Bertz CT molecular complexity index is 991. The zero-order valence-electron chi connectivity index (χ0n) is 16.4. The highest BCUT2D eigenvalue weighted by Gasteiger charge is 2.46. The van der Waals surface area contributed by atoms with Gasteiger partial charge < -0.3 is 44.2 Å². The molecule has 30 heavy (non-hydrogen) atoms. The van der Waals surface area contributed by atoms with E-state index < -0.39 is 54.6 Å². The lowest BCUT2D eigenvalue weighted by Crippen LogP contribution is -2.60. The van der Waals surface area contributed by atoms with Gasteiger partial charge >= 0.3 is 5.63 Å². The number of benzene rings is 1. The van der Waals surface area contributed by atoms with Crippen molar-refractivity contribution in [1.29, 1.82) is 0 Å². The van der Waals surface area contributed by atoms with Gasteiger partial charge in [-0.05, 0) is 26.0 Å². The van der Waals surface area contributed by atoms with Crippen molar-refractivity contribution >= 4 is 11.0 Å². The summed E-state index contributed by atoms with van der Waals surface area (Å²) in [7, 11) is 0. The van der Waals surface area contributed by atoms with Crippen molar-refractivity contribution in [3.63, 3.8) is 0 Å². The zero-order chi connectivity index (χ0) is 21.8. The van der Waals surface area contributed by atoms with Gasteiger partial charge in [-0.1, -0.05) is 0 Å². The van der Waals surface area contributed by atoms with Gasteiger partial charge in [0.1, 0.15) is 30.5 Å². The standard InChI is InChI=1S/C20H24O10/c1-20(2,26)11-6-9-5-8-3-4-12(22)29-16(8)18(17(9)28-11)30-19-15(25)14(24)13(23)10(7-21)27-19/h3-5,10-11,13-15,19,21,23-26H,6-7H2,1-2H3. The van der Waals surface area contributed by atoms with E-state index in [2.05, 4.69) is 0 Å². The molecular weight excluding hydrogens is 400 g/mol. The van der Waals surface area contributed by atoms with Gasteiger partial charge in [0, 0.05) is 23.4 Å². The molecular formula is C20H24O10. The summed E-state index contributed by atoms with van der Waals surface area (Å²) >= 11 is 0. The van der Waals surface area contributed by atoms with Crippen molar-refractivity contribution in [2.45, 2.75) is 62.7 Å². The lowest BCUT2D eigenvalue weighted by molar-refractivity contribution is -0.277. The molecule has 5 N–H and O–H groups in total. The van der Waals surface area contributed by atoms with E-state index in [9.17, 15) is 30.3 Å². The summed E-state index contributed by atoms with van der Waals surface area (Å²) in [6, 6.07) is 4.54. The van der Waals surface area contributed by atoms with E-state index in [-0.39, 0.29) is 17.1 Å². The highest BCUT2D eigenvalue weighted by atomic mass is 16.7. The average molecular weight is 424 g/mol. The van der Waals surface area contributed by atoms with E-state index in [4.69, 9.17) is 18.6 Å². The van der Waals surface area contributed by atoms with Gasteiger partial charge in [-0.3, -0.25) is 0 Å². The Balaban J connectivity index is 1.78. The smallest absolute Gasteiger partial charge is 0.336 e. The van der Waals surface area contributed by atoms with E-state index >= 15 is 0 Å². The summed E-state index contributed by atoms with van der Waals surface area (Å²) in [6.45, 7) is 2.58. The van der Waals surface area contributed by atoms with Gasteiger partial charge in [0.05, 0.1) is 12.2 Å². The largest absolute Gasteiger partial charge is 0.483 e. The molecule has 2 aliphatic heterocycles. The second-order valence-electron chi connectivity index (χ2n) is 8.15. The molecule has 3 heterocycles. The second kappa shape index (κ2) is 7.49. The monoisotopic (exact) mass is 424 g/mol. The van der Waals surface area contributed by atoms with Crippen molar-refractivity contribution in [2.24, 2.45) is 0 Å². The molecule has 1 aromatic heterocycles. The molecule has 0 amide bonds. The van der Waals surface area contributed by atoms with E-state index in [1.54, 1.807) is 26.0 Å². The molecule has 0 radical (unpaired) electrons. The third-order valence-electron chi connectivity index (χ3n) is 5.43. The number of hydrogen-bond acceptors (Lipinski definition) is 10. The Hall–Kier alpha value is -2.21. The highest BCUT2D eigenvalue weighted by Crippen LogP contribution is 2.46. The minimum atomic E-state index is -1.66. The van der Waals surface area contributed by atoms with Gasteiger partial charge in [-0.2, -0.15) is 0 Å². The molecule has 0 aliphatic carbocycles. The first-order valence-corrected chi connectivity index (χ1v) is 9.56. The highest BCUT2D eigenvalue weighted by molar-refractivity contribution is 5.87. The summed E-state index contributed by atoms with van der Waals surface area (Å²) in [5.41, 5.74) is -1.09. The van der Waals surface area contributed by atoms with Crippen LogP contribution < -0.4 is 15.1 Å². The van der Waals surface area contributed by atoms with Crippen LogP contribution in [0.3, 0.4) is 0 Å². The minimum absolute atomic E-state index is 0.0367. The first-order chi connectivity index (χ1) is 14.1. The van der Waals surface area contributed by atoms with E-state index in [1.165, 1.54) is 6.07 Å². The molecule has 10 nitrogen and oxygen atoms in total. The predicted octanol–water partition coefficient (Wildman–Crippen LogP) is -0.954. The quantitative estimate of drug-likeness (QED) is 0.387. The zero-order valence-corrected chi connectivity index (χ0v) is 16.4. The molecule has 4 rings (SSSR count). The van der Waals surface area contributed by atoms with Crippen LogP contribution in [0.15, 0.2) is 27.4 Å². The van der Waals surface area contributed by atoms with Crippen LogP contribution in [0.25, 0.3) is 11.0 Å². The van der Waals surface area contributed by atoms with E-state index in [0.29, 0.717) is 17.4 Å². The summed E-state index contributed by atoms with van der Waals surface area (Å²) < 4.78 is 22.4. The third kappa shape index (κ3) is 3.55. The van der Waals surface area contributed by atoms with Gasteiger partial charge in [0.15, 0.2) is 11.3 Å². The summed E-state index contributed by atoms with van der Waals surface area (Å²) in [4.78, 5) is 11.8. The molecule has 0 saturated carbocycles. The summed E-state index contributed by atoms with van der Waals surface area (Å²) in [6.07, 6.45) is -7.75. The van der Waals surface area contributed by atoms with E-state index in [1.807, 2.05) is 0 Å². The SMILES string of the molecule is CC(C)(O)C1Cc2cc3ccc(=O)oc3c(OC3OC(CO)C(O)C(O)C3O)c2O1. The predicted molar refractivity (Wildman–Crippen MR) is 101 cm³/mol. The Kier molecular flexibility index (Phi) is 5.25. The molecule has 1 saturated heterocycles. The van der Waals surface area contributed by atoms with Crippen molar-refractivity contribution in [1.82, 2.24) is 0 Å². The second-order valence-corrected chi connectivity index (χ2v) is 8.15. The molecule has 6 atom stereocenters. The van der Waals surface area contributed by atoms with Crippen LogP contribution in [0, 0.1) is 0 Å². The number of hydrogen-bond donors (Lipinski definition) is 5. The third-order valence-corrected chi connectivity index (χ3v) is 5.43. The fraction of sp³-hybridized carbons (Fsp3) is 0.550. The van der Waals surface area contributed by atoms with Gasteiger partial charge in [-0.25, -0.2) is 4.79 Å². The maximum absolute atomic E-state index is 11.8.